The lowest BCUT2D eigenvalue weighted by atomic mass is 9.96. The van der Waals surface area contributed by atoms with E-state index in [2.05, 4.69) is 15.6 Å². The first kappa shape index (κ1) is 18.1. The number of nitrogens with zero attached hydrogens (tertiary/aromatic N) is 1. The standard InChI is InChI=1S/C18H23N3O2S/c1-12-5-7-13(8-6-12)14-11-24-17(20-14)21-15(22)9-10-19-16(23)18(2,3)4/h5-8,11H,9-10H2,1-4H3,(H,19,23)(H,20,21,22). The lowest BCUT2D eigenvalue weighted by Gasteiger charge is -2.17. The number of nitrogens with one attached hydrogen (secondary N) is 2. The van der Waals surface area contributed by atoms with Crippen LogP contribution in [0.25, 0.3) is 11.3 Å². The molecule has 2 rings (SSSR count). The summed E-state index contributed by atoms with van der Waals surface area (Å²) in [7, 11) is 0. The maximum Gasteiger partial charge on any atom is 0.227 e. The number of benzene rings is 1. The van der Waals surface area contributed by atoms with E-state index >= 15 is 0 Å². The van der Waals surface area contributed by atoms with E-state index in [4.69, 9.17) is 0 Å². The molecule has 6 heteroatoms. The molecule has 0 aliphatic carbocycles. The molecule has 0 atom stereocenters. The quantitative estimate of drug-likeness (QED) is 0.869. The van der Waals surface area contributed by atoms with Crippen molar-refractivity contribution >= 4 is 28.3 Å². The van der Waals surface area contributed by atoms with Gasteiger partial charge < -0.3 is 10.6 Å². The summed E-state index contributed by atoms with van der Waals surface area (Å²) in [5, 5.41) is 8.02. The van der Waals surface area contributed by atoms with Crippen molar-refractivity contribution in [1.29, 1.82) is 0 Å². The van der Waals surface area contributed by atoms with Gasteiger partial charge in [0.25, 0.3) is 0 Å². The van der Waals surface area contributed by atoms with E-state index in [1.165, 1.54) is 16.9 Å². The minimum absolute atomic E-state index is 0.0637. The van der Waals surface area contributed by atoms with E-state index in [-0.39, 0.29) is 18.2 Å². The molecule has 0 aliphatic heterocycles. The number of thiazole rings is 1. The Morgan fingerprint density at radius 3 is 2.46 bits per heavy atom. The van der Waals surface area contributed by atoms with Crippen molar-refractivity contribution in [2.45, 2.75) is 34.1 Å². The van der Waals surface area contributed by atoms with Crippen LogP contribution in [0.4, 0.5) is 5.13 Å². The molecule has 5 nitrogen and oxygen atoms in total. The van der Waals surface area contributed by atoms with Gasteiger partial charge in [0.05, 0.1) is 5.69 Å². The molecule has 2 N–H and O–H groups in total. The summed E-state index contributed by atoms with van der Waals surface area (Å²) in [5.41, 5.74) is 2.61. The highest BCUT2D eigenvalue weighted by Crippen LogP contribution is 2.25. The minimum atomic E-state index is -0.450. The van der Waals surface area contributed by atoms with Crippen LogP contribution < -0.4 is 10.6 Å². The average Bonchev–Trinajstić information content (AvgIpc) is 2.95. The van der Waals surface area contributed by atoms with Crippen LogP contribution >= 0.6 is 11.3 Å². The van der Waals surface area contributed by atoms with Gasteiger partial charge in [0.1, 0.15) is 0 Å². The molecular formula is C18H23N3O2S. The number of hydrogen-bond acceptors (Lipinski definition) is 4. The van der Waals surface area contributed by atoms with Gasteiger partial charge in [-0.15, -0.1) is 11.3 Å². The molecule has 2 aromatic rings. The Bertz CT molecular complexity index is 715. The van der Waals surface area contributed by atoms with E-state index < -0.39 is 5.41 Å². The van der Waals surface area contributed by atoms with Crippen molar-refractivity contribution in [3.05, 3.63) is 35.2 Å². The van der Waals surface area contributed by atoms with Crippen LogP contribution in [0.15, 0.2) is 29.6 Å². The van der Waals surface area contributed by atoms with Gasteiger partial charge in [-0.25, -0.2) is 4.98 Å². The van der Waals surface area contributed by atoms with Crippen LogP contribution in [0, 0.1) is 12.3 Å². The molecule has 24 heavy (non-hydrogen) atoms. The lowest BCUT2D eigenvalue weighted by molar-refractivity contribution is -0.128. The van der Waals surface area contributed by atoms with Gasteiger partial charge in [-0.05, 0) is 6.92 Å². The van der Waals surface area contributed by atoms with Gasteiger partial charge in [0.15, 0.2) is 5.13 Å². The topological polar surface area (TPSA) is 71.1 Å². The maximum absolute atomic E-state index is 11.9. The first-order valence-corrected chi connectivity index (χ1v) is 8.74. The number of amides is 2. The van der Waals surface area contributed by atoms with Gasteiger partial charge in [-0.1, -0.05) is 50.6 Å². The molecule has 0 spiro atoms. The molecule has 0 saturated carbocycles. The van der Waals surface area contributed by atoms with Crippen LogP contribution in [0.1, 0.15) is 32.8 Å². The van der Waals surface area contributed by atoms with Crippen LogP contribution in [0.3, 0.4) is 0 Å². The van der Waals surface area contributed by atoms with Gasteiger partial charge in [0.2, 0.25) is 11.8 Å². The third kappa shape index (κ3) is 5.16. The summed E-state index contributed by atoms with van der Waals surface area (Å²) in [4.78, 5) is 28.1. The Morgan fingerprint density at radius 1 is 1.17 bits per heavy atom. The minimum Gasteiger partial charge on any atom is -0.355 e. The van der Waals surface area contributed by atoms with Crippen molar-refractivity contribution in [2.24, 2.45) is 5.41 Å². The van der Waals surface area contributed by atoms with Gasteiger partial charge in [-0.3, -0.25) is 9.59 Å². The normalized spacial score (nSPS) is 11.2. The summed E-state index contributed by atoms with van der Waals surface area (Å²) in [6.07, 6.45) is 0.223. The third-order valence-corrected chi connectivity index (χ3v) is 4.17. The van der Waals surface area contributed by atoms with Crippen molar-refractivity contribution in [3.63, 3.8) is 0 Å². The fourth-order valence-electron chi connectivity index (χ4n) is 1.92. The van der Waals surface area contributed by atoms with Crippen molar-refractivity contribution in [1.82, 2.24) is 10.3 Å². The average molecular weight is 345 g/mol. The molecule has 2 amide bonds. The van der Waals surface area contributed by atoms with Crippen LogP contribution in [-0.4, -0.2) is 23.3 Å². The number of hydrogen-bond donors (Lipinski definition) is 2. The number of anilines is 1. The molecule has 0 bridgehead atoms. The Morgan fingerprint density at radius 2 is 1.83 bits per heavy atom. The maximum atomic E-state index is 11.9. The van der Waals surface area contributed by atoms with E-state index in [1.54, 1.807) is 0 Å². The van der Waals surface area contributed by atoms with Crippen molar-refractivity contribution < 1.29 is 9.59 Å². The van der Waals surface area contributed by atoms with E-state index in [0.29, 0.717) is 11.7 Å². The van der Waals surface area contributed by atoms with E-state index in [0.717, 1.165) is 11.3 Å². The highest BCUT2D eigenvalue weighted by Gasteiger charge is 2.20. The second kappa shape index (κ2) is 7.57. The van der Waals surface area contributed by atoms with Crippen LogP contribution in [0.2, 0.25) is 0 Å². The molecule has 128 valence electrons. The van der Waals surface area contributed by atoms with Crippen molar-refractivity contribution in [2.75, 3.05) is 11.9 Å². The summed E-state index contributed by atoms with van der Waals surface area (Å²) in [6, 6.07) is 8.09. The first-order chi connectivity index (χ1) is 11.3. The van der Waals surface area contributed by atoms with E-state index in [9.17, 15) is 9.59 Å². The molecule has 0 unspecified atom stereocenters. The molecule has 0 fully saturated rings. The van der Waals surface area contributed by atoms with E-state index in [1.807, 2.05) is 57.3 Å². The first-order valence-electron chi connectivity index (χ1n) is 7.86. The Balaban J connectivity index is 1.85. The zero-order valence-corrected chi connectivity index (χ0v) is 15.3. The molecular weight excluding hydrogens is 322 g/mol. The van der Waals surface area contributed by atoms with Crippen LogP contribution in [-0.2, 0) is 9.59 Å². The molecule has 1 heterocycles. The number of carbonyl (C=O) groups is 2. The van der Waals surface area contributed by atoms with Crippen LogP contribution in [0.5, 0.6) is 0 Å². The molecule has 0 radical (unpaired) electrons. The summed E-state index contributed by atoms with van der Waals surface area (Å²) in [6.45, 7) is 7.87. The molecule has 1 aromatic heterocycles. The largest absolute Gasteiger partial charge is 0.355 e. The van der Waals surface area contributed by atoms with Gasteiger partial charge in [0, 0.05) is 29.3 Å². The second-order valence-corrected chi connectivity index (χ2v) is 7.57. The summed E-state index contributed by atoms with van der Waals surface area (Å²) < 4.78 is 0. The predicted molar refractivity (Wildman–Crippen MR) is 98.0 cm³/mol. The molecule has 0 saturated heterocycles. The monoisotopic (exact) mass is 345 g/mol. The fraction of sp³-hybridized carbons (Fsp3) is 0.389. The molecule has 1 aromatic carbocycles. The highest BCUT2D eigenvalue weighted by molar-refractivity contribution is 7.14. The number of rotatable bonds is 5. The van der Waals surface area contributed by atoms with Gasteiger partial charge >= 0.3 is 0 Å². The third-order valence-electron chi connectivity index (χ3n) is 3.42. The highest BCUT2D eigenvalue weighted by atomic mass is 32.1. The Labute approximate surface area is 146 Å². The fourth-order valence-corrected chi connectivity index (χ4v) is 2.66. The number of aromatic nitrogens is 1. The smallest absolute Gasteiger partial charge is 0.227 e. The Kier molecular flexibility index (Phi) is 5.72. The van der Waals surface area contributed by atoms with Gasteiger partial charge in [-0.2, -0.15) is 0 Å². The second-order valence-electron chi connectivity index (χ2n) is 6.71. The zero-order chi connectivity index (χ0) is 17.7. The lowest BCUT2D eigenvalue weighted by Crippen LogP contribution is -2.36. The SMILES string of the molecule is Cc1ccc(-c2csc(NC(=O)CCNC(=O)C(C)(C)C)n2)cc1. The van der Waals surface area contributed by atoms with Crippen molar-refractivity contribution in [3.8, 4) is 11.3 Å². The summed E-state index contributed by atoms with van der Waals surface area (Å²) in [5.74, 6) is -0.222. The molecule has 0 aliphatic rings. The number of aryl methyl sites for hydroxylation is 1. The summed E-state index contributed by atoms with van der Waals surface area (Å²) >= 11 is 1.39. The number of carbonyl (C=O) groups excluding carboxylic acids is 2. The Hall–Kier alpha value is -2.21. The zero-order valence-electron chi connectivity index (χ0n) is 14.5. The predicted octanol–water partition coefficient (Wildman–Crippen LogP) is 3.61.